The molecule has 0 radical (unpaired) electrons. The van der Waals surface area contributed by atoms with E-state index < -0.39 is 0 Å². The molecule has 0 atom stereocenters. The summed E-state index contributed by atoms with van der Waals surface area (Å²) in [6.07, 6.45) is 5.97. The van der Waals surface area contributed by atoms with Crippen LogP contribution in [0.4, 0.5) is 0 Å². The maximum Gasteiger partial charge on any atom is 0.0958 e. The molecular formula is C18H27N3. The topological polar surface area (TPSA) is 21.1 Å². The lowest BCUT2D eigenvalue weighted by molar-refractivity contribution is 0.326. The van der Waals surface area contributed by atoms with Gasteiger partial charge < -0.3 is 9.47 Å². The van der Waals surface area contributed by atoms with Crippen LogP contribution in [0.25, 0.3) is 11.0 Å². The van der Waals surface area contributed by atoms with E-state index in [0.29, 0.717) is 0 Å². The van der Waals surface area contributed by atoms with Crippen molar-refractivity contribution in [1.82, 2.24) is 14.5 Å². The Bertz CT molecular complexity index is 600. The average molecular weight is 285 g/mol. The minimum absolute atomic E-state index is 0.193. The zero-order valence-electron chi connectivity index (χ0n) is 13.6. The molecule has 1 aliphatic rings. The SMILES string of the molecule is CC(C)(C)c1ccc2ncn(CCCN3CCCC3)c2c1. The van der Waals surface area contributed by atoms with Crippen LogP contribution >= 0.6 is 0 Å². The number of benzene rings is 1. The van der Waals surface area contributed by atoms with Crippen molar-refractivity contribution in [1.29, 1.82) is 0 Å². The van der Waals surface area contributed by atoms with Gasteiger partial charge in [0.25, 0.3) is 0 Å². The Morgan fingerprint density at radius 1 is 1.10 bits per heavy atom. The van der Waals surface area contributed by atoms with Gasteiger partial charge in [0.1, 0.15) is 0 Å². The first kappa shape index (κ1) is 14.6. The van der Waals surface area contributed by atoms with E-state index in [4.69, 9.17) is 0 Å². The van der Waals surface area contributed by atoms with Gasteiger partial charge in [0.2, 0.25) is 0 Å². The van der Waals surface area contributed by atoms with Gasteiger partial charge in [0.05, 0.1) is 17.4 Å². The van der Waals surface area contributed by atoms with Crippen LogP contribution in [0.15, 0.2) is 24.5 Å². The van der Waals surface area contributed by atoms with Gasteiger partial charge >= 0.3 is 0 Å². The molecule has 0 saturated carbocycles. The fourth-order valence-electron chi connectivity index (χ4n) is 3.17. The second kappa shape index (κ2) is 5.80. The molecule has 1 fully saturated rings. The molecule has 114 valence electrons. The molecule has 1 aromatic heterocycles. The number of nitrogens with zero attached hydrogens (tertiary/aromatic N) is 3. The van der Waals surface area contributed by atoms with Gasteiger partial charge in [-0.3, -0.25) is 0 Å². The normalized spacial score (nSPS) is 16.9. The van der Waals surface area contributed by atoms with Crippen molar-refractivity contribution >= 4 is 11.0 Å². The number of aromatic nitrogens is 2. The number of rotatable bonds is 4. The van der Waals surface area contributed by atoms with Gasteiger partial charge in [0, 0.05) is 6.54 Å². The molecule has 2 aromatic rings. The minimum Gasteiger partial charge on any atom is -0.331 e. The fourth-order valence-corrected chi connectivity index (χ4v) is 3.17. The van der Waals surface area contributed by atoms with Gasteiger partial charge in [-0.15, -0.1) is 0 Å². The standard InChI is InChI=1S/C18H27N3/c1-18(2,3)15-7-8-16-17(13-15)21(14-19-16)12-6-11-20-9-4-5-10-20/h7-8,13-14H,4-6,9-12H2,1-3H3. The van der Waals surface area contributed by atoms with Crippen LogP contribution in [0.2, 0.25) is 0 Å². The van der Waals surface area contributed by atoms with Crippen molar-refractivity contribution in [3.05, 3.63) is 30.1 Å². The lowest BCUT2D eigenvalue weighted by atomic mass is 9.87. The largest absolute Gasteiger partial charge is 0.331 e. The van der Waals surface area contributed by atoms with E-state index in [1.54, 1.807) is 0 Å². The Hall–Kier alpha value is -1.35. The number of fused-ring (bicyclic) bond motifs is 1. The molecule has 1 aromatic carbocycles. The third kappa shape index (κ3) is 3.29. The molecule has 0 bridgehead atoms. The third-order valence-electron chi connectivity index (χ3n) is 4.56. The maximum absolute atomic E-state index is 4.54. The zero-order valence-corrected chi connectivity index (χ0v) is 13.6. The Morgan fingerprint density at radius 2 is 1.86 bits per heavy atom. The van der Waals surface area contributed by atoms with Crippen molar-refractivity contribution in [3.63, 3.8) is 0 Å². The highest BCUT2D eigenvalue weighted by Gasteiger charge is 2.15. The molecule has 0 amide bonds. The van der Waals surface area contributed by atoms with Crippen molar-refractivity contribution in [2.24, 2.45) is 0 Å². The monoisotopic (exact) mass is 285 g/mol. The van der Waals surface area contributed by atoms with Crippen LogP contribution in [0, 0.1) is 0 Å². The molecule has 0 spiro atoms. The quantitative estimate of drug-likeness (QED) is 0.851. The summed E-state index contributed by atoms with van der Waals surface area (Å²) < 4.78 is 2.32. The summed E-state index contributed by atoms with van der Waals surface area (Å²) in [6, 6.07) is 6.69. The Balaban J connectivity index is 1.72. The lowest BCUT2D eigenvalue weighted by Crippen LogP contribution is -2.21. The maximum atomic E-state index is 4.54. The molecule has 3 nitrogen and oxygen atoms in total. The molecular weight excluding hydrogens is 258 g/mol. The molecule has 0 N–H and O–H groups in total. The molecule has 3 heteroatoms. The van der Waals surface area contributed by atoms with Crippen molar-refractivity contribution in [3.8, 4) is 0 Å². The van der Waals surface area contributed by atoms with Crippen LogP contribution in [0.3, 0.4) is 0 Å². The second-order valence-electron chi connectivity index (χ2n) is 7.29. The molecule has 1 saturated heterocycles. The summed E-state index contributed by atoms with van der Waals surface area (Å²) in [4.78, 5) is 7.12. The highest BCUT2D eigenvalue weighted by molar-refractivity contribution is 5.76. The molecule has 2 heterocycles. The van der Waals surface area contributed by atoms with Gasteiger partial charge in [-0.2, -0.15) is 0 Å². The Morgan fingerprint density at radius 3 is 2.57 bits per heavy atom. The predicted octanol–water partition coefficient (Wildman–Crippen LogP) is 3.82. The summed E-state index contributed by atoms with van der Waals surface area (Å²) >= 11 is 0. The molecule has 1 aliphatic heterocycles. The van der Waals surface area contributed by atoms with E-state index >= 15 is 0 Å². The fraction of sp³-hybridized carbons (Fsp3) is 0.611. The van der Waals surface area contributed by atoms with Gasteiger partial charge in [0.15, 0.2) is 0 Å². The van der Waals surface area contributed by atoms with Crippen molar-refractivity contribution in [2.45, 2.75) is 52.0 Å². The first-order chi connectivity index (χ1) is 10.0. The van der Waals surface area contributed by atoms with Gasteiger partial charge in [-0.05, 0) is 62.0 Å². The lowest BCUT2D eigenvalue weighted by Gasteiger charge is -2.19. The highest BCUT2D eigenvalue weighted by Crippen LogP contribution is 2.25. The van der Waals surface area contributed by atoms with E-state index in [2.05, 4.69) is 53.4 Å². The predicted molar refractivity (Wildman–Crippen MR) is 88.7 cm³/mol. The number of hydrogen-bond donors (Lipinski definition) is 0. The Labute approximate surface area is 128 Å². The number of imidazole rings is 1. The summed E-state index contributed by atoms with van der Waals surface area (Å²) in [5.74, 6) is 0. The van der Waals surface area contributed by atoms with E-state index in [1.165, 1.54) is 50.0 Å². The van der Waals surface area contributed by atoms with E-state index in [-0.39, 0.29) is 5.41 Å². The molecule has 21 heavy (non-hydrogen) atoms. The first-order valence-corrected chi connectivity index (χ1v) is 8.22. The van der Waals surface area contributed by atoms with E-state index in [1.807, 2.05) is 6.33 Å². The van der Waals surface area contributed by atoms with Gasteiger partial charge in [-0.1, -0.05) is 26.8 Å². The van der Waals surface area contributed by atoms with Crippen LogP contribution < -0.4 is 0 Å². The molecule has 0 aliphatic carbocycles. The zero-order chi connectivity index (χ0) is 14.9. The second-order valence-corrected chi connectivity index (χ2v) is 7.29. The van der Waals surface area contributed by atoms with Gasteiger partial charge in [-0.25, -0.2) is 4.98 Å². The van der Waals surface area contributed by atoms with Crippen LogP contribution in [0.1, 0.15) is 45.6 Å². The average Bonchev–Trinajstić information content (AvgIpc) is 3.07. The number of likely N-dealkylation sites (tertiary alicyclic amines) is 1. The van der Waals surface area contributed by atoms with Crippen LogP contribution in [-0.4, -0.2) is 34.1 Å². The summed E-state index contributed by atoms with van der Waals surface area (Å²) in [6.45, 7) is 11.7. The van der Waals surface area contributed by atoms with Crippen molar-refractivity contribution in [2.75, 3.05) is 19.6 Å². The smallest absolute Gasteiger partial charge is 0.0958 e. The van der Waals surface area contributed by atoms with Crippen LogP contribution in [-0.2, 0) is 12.0 Å². The molecule has 0 unspecified atom stereocenters. The first-order valence-electron chi connectivity index (χ1n) is 8.22. The summed E-state index contributed by atoms with van der Waals surface area (Å²) in [7, 11) is 0. The third-order valence-corrected chi connectivity index (χ3v) is 4.56. The van der Waals surface area contributed by atoms with Crippen molar-refractivity contribution < 1.29 is 0 Å². The molecule has 3 rings (SSSR count). The van der Waals surface area contributed by atoms with E-state index in [9.17, 15) is 0 Å². The van der Waals surface area contributed by atoms with E-state index in [0.717, 1.165) is 12.1 Å². The summed E-state index contributed by atoms with van der Waals surface area (Å²) in [5, 5.41) is 0. The number of hydrogen-bond acceptors (Lipinski definition) is 2. The highest BCUT2D eigenvalue weighted by atomic mass is 15.1. The van der Waals surface area contributed by atoms with Crippen LogP contribution in [0.5, 0.6) is 0 Å². The number of aryl methyl sites for hydroxylation is 1. The Kier molecular flexibility index (Phi) is 4.03. The minimum atomic E-state index is 0.193. The summed E-state index contributed by atoms with van der Waals surface area (Å²) in [5.41, 5.74) is 3.98.